The van der Waals surface area contributed by atoms with Crippen molar-refractivity contribution < 1.29 is 14.6 Å². The number of nitrogens with two attached hydrogens (primary N) is 1. The van der Waals surface area contributed by atoms with Crippen molar-refractivity contribution in [2.45, 2.75) is 25.7 Å². The Balaban J connectivity index is 2.06. The lowest BCUT2D eigenvalue weighted by atomic mass is 9.68. The minimum absolute atomic E-state index is 0.0443. The molecule has 0 unspecified atom stereocenters. The van der Waals surface area contributed by atoms with Crippen LogP contribution in [-0.4, -0.2) is 43.9 Å². The first-order valence-electron chi connectivity index (χ1n) is 5.92. The fraction of sp³-hybridized carbons (Fsp3) is 0.909. The second-order valence-electron chi connectivity index (χ2n) is 4.28. The molecule has 0 spiro atoms. The lowest BCUT2D eigenvalue weighted by Gasteiger charge is -2.39. The summed E-state index contributed by atoms with van der Waals surface area (Å²) in [6.45, 7) is 2.03. The van der Waals surface area contributed by atoms with Crippen molar-refractivity contribution in [1.29, 1.82) is 0 Å². The maximum absolute atomic E-state index is 11.8. The van der Waals surface area contributed by atoms with Gasteiger partial charge in [0.05, 0.1) is 18.6 Å². The number of hydrogen-bond acceptors (Lipinski definition) is 4. The van der Waals surface area contributed by atoms with Gasteiger partial charge >= 0.3 is 0 Å². The van der Waals surface area contributed by atoms with Gasteiger partial charge in [-0.3, -0.25) is 4.79 Å². The van der Waals surface area contributed by atoms with Crippen LogP contribution in [0.5, 0.6) is 0 Å². The van der Waals surface area contributed by atoms with E-state index in [1.165, 1.54) is 0 Å². The summed E-state index contributed by atoms with van der Waals surface area (Å²) in [5.74, 6) is 0.0865. The van der Waals surface area contributed by atoms with Crippen molar-refractivity contribution in [3.63, 3.8) is 0 Å². The maximum Gasteiger partial charge on any atom is 0.227 e. The van der Waals surface area contributed by atoms with Crippen LogP contribution in [0.4, 0.5) is 0 Å². The first kappa shape index (κ1) is 13.4. The van der Waals surface area contributed by atoms with Crippen molar-refractivity contribution in [2.75, 3.05) is 32.9 Å². The van der Waals surface area contributed by atoms with E-state index in [0.717, 1.165) is 25.7 Å². The van der Waals surface area contributed by atoms with Gasteiger partial charge in [-0.25, -0.2) is 0 Å². The monoisotopic (exact) mass is 230 g/mol. The third-order valence-corrected chi connectivity index (χ3v) is 3.17. The zero-order valence-electron chi connectivity index (χ0n) is 9.71. The predicted molar refractivity (Wildman–Crippen MR) is 60.9 cm³/mol. The van der Waals surface area contributed by atoms with E-state index in [9.17, 15) is 4.79 Å². The number of ether oxygens (including phenoxy) is 1. The fourth-order valence-electron chi connectivity index (χ4n) is 1.86. The van der Waals surface area contributed by atoms with Gasteiger partial charge in [0.2, 0.25) is 5.91 Å². The van der Waals surface area contributed by atoms with E-state index in [1.54, 1.807) is 0 Å². The van der Waals surface area contributed by atoms with Gasteiger partial charge in [-0.1, -0.05) is 6.42 Å². The standard InChI is InChI=1S/C11H22N2O3/c12-9-11(3-1-4-11)10(15)13-5-2-7-16-8-6-14/h14H,1-9,12H2,(H,13,15). The zero-order chi connectivity index (χ0) is 11.9. The van der Waals surface area contributed by atoms with Crippen molar-refractivity contribution in [3.8, 4) is 0 Å². The van der Waals surface area contributed by atoms with Crippen LogP contribution in [-0.2, 0) is 9.53 Å². The highest BCUT2D eigenvalue weighted by molar-refractivity contribution is 5.83. The van der Waals surface area contributed by atoms with Crippen molar-refractivity contribution in [1.82, 2.24) is 5.32 Å². The molecule has 1 fully saturated rings. The fourth-order valence-corrected chi connectivity index (χ4v) is 1.86. The number of nitrogens with one attached hydrogen (secondary N) is 1. The van der Waals surface area contributed by atoms with E-state index in [4.69, 9.17) is 15.6 Å². The maximum atomic E-state index is 11.8. The van der Waals surface area contributed by atoms with Gasteiger partial charge in [-0.2, -0.15) is 0 Å². The number of aliphatic hydroxyl groups excluding tert-OH is 1. The Morgan fingerprint density at radius 2 is 2.19 bits per heavy atom. The van der Waals surface area contributed by atoms with Crippen LogP contribution >= 0.6 is 0 Å². The van der Waals surface area contributed by atoms with Gasteiger partial charge in [-0.05, 0) is 19.3 Å². The molecule has 1 rings (SSSR count). The van der Waals surface area contributed by atoms with Crippen LogP contribution in [0.25, 0.3) is 0 Å². The summed E-state index contributed by atoms with van der Waals surface area (Å²) in [5.41, 5.74) is 5.34. The molecule has 4 N–H and O–H groups in total. The van der Waals surface area contributed by atoms with Crippen LogP contribution in [0.15, 0.2) is 0 Å². The summed E-state index contributed by atoms with van der Waals surface area (Å²) in [7, 11) is 0. The summed E-state index contributed by atoms with van der Waals surface area (Å²) < 4.78 is 5.09. The van der Waals surface area contributed by atoms with E-state index in [2.05, 4.69) is 5.32 Å². The molecule has 1 aliphatic rings. The van der Waals surface area contributed by atoms with Crippen LogP contribution in [0.3, 0.4) is 0 Å². The highest BCUT2D eigenvalue weighted by atomic mass is 16.5. The normalized spacial score (nSPS) is 17.9. The number of carbonyl (C=O) groups is 1. The SMILES string of the molecule is NCC1(C(=O)NCCCOCCO)CCC1. The quantitative estimate of drug-likeness (QED) is 0.497. The van der Waals surface area contributed by atoms with E-state index in [1.807, 2.05) is 0 Å². The van der Waals surface area contributed by atoms with Crippen LogP contribution in [0, 0.1) is 5.41 Å². The molecule has 5 heteroatoms. The molecule has 0 bridgehead atoms. The molecule has 5 nitrogen and oxygen atoms in total. The molecule has 0 aromatic carbocycles. The topological polar surface area (TPSA) is 84.6 Å². The van der Waals surface area contributed by atoms with E-state index >= 15 is 0 Å². The van der Waals surface area contributed by atoms with Gasteiger partial charge in [-0.15, -0.1) is 0 Å². The Kier molecular flexibility index (Phi) is 5.73. The van der Waals surface area contributed by atoms with Gasteiger partial charge in [0, 0.05) is 19.7 Å². The highest BCUT2D eigenvalue weighted by Gasteiger charge is 2.42. The molecule has 0 aliphatic heterocycles. The van der Waals surface area contributed by atoms with E-state index < -0.39 is 0 Å². The van der Waals surface area contributed by atoms with E-state index in [0.29, 0.717) is 26.3 Å². The first-order chi connectivity index (χ1) is 7.75. The second kappa shape index (κ2) is 6.83. The Bertz CT molecular complexity index is 212. The molecule has 1 saturated carbocycles. The molecule has 94 valence electrons. The van der Waals surface area contributed by atoms with Crippen molar-refractivity contribution in [3.05, 3.63) is 0 Å². The molecule has 0 radical (unpaired) electrons. The summed E-state index contributed by atoms with van der Waals surface area (Å²) in [4.78, 5) is 11.8. The number of carbonyl (C=O) groups excluding carboxylic acids is 1. The second-order valence-corrected chi connectivity index (χ2v) is 4.28. The summed E-state index contributed by atoms with van der Waals surface area (Å²) in [6, 6.07) is 0. The zero-order valence-corrected chi connectivity index (χ0v) is 9.71. The minimum Gasteiger partial charge on any atom is -0.394 e. The van der Waals surface area contributed by atoms with Gasteiger partial charge in [0.15, 0.2) is 0 Å². The average molecular weight is 230 g/mol. The Labute approximate surface area is 96.3 Å². The van der Waals surface area contributed by atoms with Crippen LogP contribution in [0.2, 0.25) is 0 Å². The molecule has 0 aromatic heterocycles. The Morgan fingerprint density at radius 3 is 2.69 bits per heavy atom. The lowest BCUT2D eigenvalue weighted by molar-refractivity contribution is -0.135. The summed E-state index contributed by atoms with van der Waals surface area (Å²) >= 11 is 0. The van der Waals surface area contributed by atoms with Gasteiger partial charge in [0.25, 0.3) is 0 Å². The number of rotatable bonds is 8. The molecular weight excluding hydrogens is 208 g/mol. The number of hydrogen-bond donors (Lipinski definition) is 3. The third kappa shape index (κ3) is 3.43. The lowest BCUT2D eigenvalue weighted by Crippen LogP contribution is -2.50. The third-order valence-electron chi connectivity index (χ3n) is 3.17. The van der Waals surface area contributed by atoms with Crippen molar-refractivity contribution >= 4 is 5.91 Å². The smallest absolute Gasteiger partial charge is 0.227 e. The first-order valence-corrected chi connectivity index (χ1v) is 5.92. The Morgan fingerprint density at radius 1 is 1.44 bits per heavy atom. The van der Waals surface area contributed by atoms with Gasteiger partial charge in [0.1, 0.15) is 0 Å². The van der Waals surface area contributed by atoms with Crippen LogP contribution in [0.1, 0.15) is 25.7 Å². The number of amides is 1. The minimum atomic E-state index is -0.286. The van der Waals surface area contributed by atoms with Crippen molar-refractivity contribution in [2.24, 2.45) is 11.1 Å². The molecule has 16 heavy (non-hydrogen) atoms. The molecule has 0 aromatic rings. The molecule has 0 heterocycles. The molecule has 0 atom stereocenters. The predicted octanol–water partition coefficient (Wildman–Crippen LogP) is -0.369. The van der Waals surface area contributed by atoms with Gasteiger partial charge < -0.3 is 20.9 Å². The van der Waals surface area contributed by atoms with E-state index in [-0.39, 0.29) is 17.9 Å². The molecule has 1 amide bonds. The Hall–Kier alpha value is -0.650. The molecular formula is C11H22N2O3. The van der Waals surface area contributed by atoms with Crippen LogP contribution < -0.4 is 11.1 Å². The average Bonchev–Trinajstić information content (AvgIpc) is 2.22. The summed E-state index contributed by atoms with van der Waals surface area (Å²) in [5, 5.41) is 11.4. The molecule has 1 aliphatic carbocycles. The largest absolute Gasteiger partial charge is 0.394 e. The number of aliphatic hydroxyl groups is 1. The highest BCUT2D eigenvalue weighted by Crippen LogP contribution is 2.39. The summed E-state index contributed by atoms with van der Waals surface area (Å²) in [6.07, 6.45) is 3.70. The molecule has 0 saturated heterocycles.